The Morgan fingerprint density at radius 2 is 1.37 bits per heavy atom. The van der Waals surface area contributed by atoms with Gasteiger partial charge in [0.05, 0.1) is 11.7 Å². The largest absolute Gasteiger partial charge is 0.356 e. The highest BCUT2D eigenvalue weighted by Crippen LogP contribution is 2.25. The van der Waals surface area contributed by atoms with Gasteiger partial charge in [0.25, 0.3) is 0 Å². The lowest BCUT2D eigenvalue weighted by atomic mass is 10.2. The molecule has 0 N–H and O–H groups in total. The van der Waals surface area contributed by atoms with Crippen LogP contribution in [0.25, 0.3) is 10.9 Å². The number of rotatable bonds is 3. The Balaban J connectivity index is 1.32. The van der Waals surface area contributed by atoms with Gasteiger partial charge in [0, 0.05) is 56.9 Å². The van der Waals surface area contributed by atoms with E-state index < -0.39 is 0 Å². The molecule has 0 amide bonds. The smallest absolute Gasteiger partial charge is 0.140 e. The van der Waals surface area contributed by atoms with Crippen LogP contribution in [0.4, 0.5) is 17.5 Å². The number of fused-ring (bicyclic) bond motifs is 1. The summed E-state index contributed by atoms with van der Waals surface area (Å²) in [6, 6.07) is 4.12. The maximum absolute atomic E-state index is 4.53. The van der Waals surface area contributed by atoms with Gasteiger partial charge in [0.2, 0.25) is 0 Å². The van der Waals surface area contributed by atoms with Crippen LogP contribution in [0.2, 0.25) is 0 Å². The van der Waals surface area contributed by atoms with E-state index in [2.05, 4.69) is 45.7 Å². The fraction of sp³-hybridized carbons (Fsp3) is 0.421. The molecular formula is C19H22N8. The lowest BCUT2D eigenvalue weighted by Gasteiger charge is -2.36. The van der Waals surface area contributed by atoms with E-state index in [0.29, 0.717) is 0 Å². The van der Waals surface area contributed by atoms with E-state index in [4.69, 9.17) is 0 Å². The van der Waals surface area contributed by atoms with E-state index in [1.54, 1.807) is 25.0 Å². The van der Waals surface area contributed by atoms with E-state index in [1.807, 2.05) is 6.07 Å². The molecule has 0 atom stereocenters. The highest BCUT2D eigenvalue weighted by Gasteiger charge is 2.22. The maximum atomic E-state index is 4.53. The zero-order chi connectivity index (χ0) is 18.1. The molecule has 27 heavy (non-hydrogen) atoms. The van der Waals surface area contributed by atoms with Crippen molar-refractivity contribution in [3.05, 3.63) is 37.2 Å². The number of hydrogen-bond acceptors (Lipinski definition) is 8. The summed E-state index contributed by atoms with van der Waals surface area (Å²) in [7, 11) is 0. The first-order chi connectivity index (χ1) is 13.4. The molecule has 2 fully saturated rings. The van der Waals surface area contributed by atoms with Crippen LogP contribution in [0.3, 0.4) is 0 Å². The second-order valence-electron chi connectivity index (χ2n) is 6.99. The molecule has 0 bridgehead atoms. The first-order valence-corrected chi connectivity index (χ1v) is 9.50. The lowest BCUT2D eigenvalue weighted by molar-refractivity contribution is 0.642. The fourth-order valence-corrected chi connectivity index (χ4v) is 3.92. The van der Waals surface area contributed by atoms with Crippen molar-refractivity contribution in [1.29, 1.82) is 0 Å². The maximum Gasteiger partial charge on any atom is 0.140 e. The van der Waals surface area contributed by atoms with Crippen LogP contribution in [-0.4, -0.2) is 64.2 Å². The molecule has 0 unspecified atom stereocenters. The molecule has 0 radical (unpaired) electrons. The molecule has 138 valence electrons. The summed E-state index contributed by atoms with van der Waals surface area (Å²) in [4.78, 5) is 29.0. The average molecular weight is 362 g/mol. The number of aromatic nitrogens is 5. The van der Waals surface area contributed by atoms with Crippen molar-refractivity contribution in [2.45, 2.75) is 12.8 Å². The van der Waals surface area contributed by atoms with Gasteiger partial charge in [-0.1, -0.05) is 0 Å². The van der Waals surface area contributed by atoms with Crippen LogP contribution in [-0.2, 0) is 0 Å². The van der Waals surface area contributed by atoms with Gasteiger partial charge < -0.3 is 14.7 Å². The monoisotopic (exact) mass is 362 g/mol. The van der Waals surface area contributed by atoms with Gasteiger partial charge in [0.15, 0.2) is 0 Å². The van der Waals surface area contributed by atoms with Gasteiger partial charge in [-0.05, 0) is 18.9 Å². The van der Waals surface area contributed by atoms with Gasteiger partial charge in [-0.3, -0.25) is 4.98 Å². The summed E-state index contributed by atoms with van der Waals surface area (Å²) in [5.41, 5.74) is 0.885. The molecule has 0 aliphatic carbocycles. The standard InChI is InChI=1S/C19H22N8/c1-2-6-25(5-1)17-11-18(23-14-22-17)26-7-9-27(10-8-26)19-15-3-4-20-12-16(15)21-13-24-19/h3-4,11-14H,1-2,5-10H2. The predicted molar refractivity (Wildman–Crippen MR) is 105 cm³/mol. The highest BCUT2D eigenvalue weighted by atomic mass is 15.3. The van der Waals surface area contributed by atoms with Gasteiger partial charge in [-0.25, -0.2) is 19.9 Å². The normalized spacial score (nSPS) is 17.7. The summed E-state index contributed by atoms with van der Waals surface area (Å²) in [6.45, 7) is 5.81. The van der Waals surface area contributed by atoms with Crippen molar-refractivity contribution in [3.8, 4) is 0 Å². The Morgan fingerprint density at radius 1 is 0.704 bits per heavy atom. The van der Waals surface area contributed by atoms with Crippen molar-refractivity contribution in [2.24, 2.45) is 0 Å². The molecule has 3 aromatic rings. The third-order valence-electron chi connectivity index (χ3n) is 5.39. The van der Waals surface area contributed by atoms with Gasteiger partial charge in [-0.2, -0.15) is 0 Å². The van der Waals surface area contributed by atoms with Crippen LogP contribution >= 0.6 is 0 Å². The molecule has 2 aliphatic heterocycles. The second-order valence-corrected chi connectivity index (χ2v) is 6.99. The Bertz CT molecular complexity index is 926. The minimum Gasteiger partial charge on any atom is -0.356 e. The molecule has 0 aromatic carbocycles. The van der Waals surface area contributed by atoms with Crippen LogP contribution in [0.5, 0.6) is 0 Å². The molecule has 2 saturated heterocycles. The SMILES string of the molecule is c1cc2c(N3CCN(c4cc(N5CCCC5)ncn4)CC3)ncnc2cn1. The molecule has 3 aromatic heterocycles. The predicted octanol–water partition coefficient (Wildman–Crippen LogP) is 1.74. The summed E-state index contributed by atoms with van der Waals surface area (Å²) in [5, 5.41) is 1.05. The van der Waals surface area contributed by atoms with Crippen molar-refractivity contribution in [2.75, 3.05) is 54.0 Å². The van der Waals surface area contributed by atoms with E-state index in [-0.39, 0.29) is 0 Å². The topological polar surface area (TPSA) is 74.2 Å². The summed E-state index contributed by atoms with van der Waals surface area (Å²) in [6.07, 6.45) is 9.41. The Kier molecular flexibility index (Phi) is 4.16. The zero-order valence-electron chi connectivity index (χ0n) is 15.2. The molecule has 0 saturated carbocycles. The Morgan fingerprint density at radius 3 is 2.15 bits per heavy atom. The van der Waals surface area contributed by atoms with Crippen LogP contribution in [0, 0.1) is 0 Å². The number of piperazine rings is 1. The van der Waals surface area contributed by atoms with E-state index >= 15 is 0 Å². The molecule has 0 spiro atoms. The summed E-state index contributed by atoms with van der Waals surface area (Å²) >= 11 is 0. The van der Waals surface area contributed by atoms with E-state index in [9.17, 15) is 0 Å². The third-order valence-corrected chi connectivity index (χ3v) is 5.39. The molecule has 8 heteroatoms. The van der Waals surface area contributed by atoms with E-state index in [0.717, 1.165) is 67.6 Å². The minimum absolute atomic E-state index is 0.885. The fourth-order valence-electron chi connectivity index (χ4n) is 3.92. The number of nitrogens with zero attached hydrogens (tertiary/aromatic N) is 8. The van der Waals surface area contributed by atoms with Crippen LogP contribution < -0.4 is 14.7 Å². The van der Waals surface area contributed by atoms with Gasteiger partial charge in [0.1, 0.15) is 30.1 Å². The van der Waals surface area contributed by atoms with E-state index in [1.165, 1.54) is 12.8 Å². The lowest BCUT2D eigenvalue weighted by Crippen LogP contribution is -2.47. The number of hydrogen-bond donors (Lipinski definition) is 0. The zero-order valence-corrected chi connectivity index (χ0v) is 15.2. The Labute approximate surface area is 157 Å². The second kappa shape index (κ2) is 6.94. The van der Waals surface area contributed by atoms with Crippen molar-refractivity contribution >= 4 is 28.4 Å². The minimum atomic E-state index is 0.885. The third kappa shape index (κ3) is 3.11. The average Bonchev–Trinajstić information content (AvgIpc) is 3.29. The Hall–Kier alpha value is -3.03. The molecule has 5 heterocycles. The van der Waals surface area contributed by atoms with Crippen molar-refractivity contribution < 1.29 is 0 Å². The summed E-state index contributed by atoms with van der Waals surface area (Å²) in [5.74, 6) is 3.06. The molecular weight excluding hydrogens is 340 g/mol. The van der Waals surface area contributed by atoms with Crippen LogP contribution in [0.15, 0.2) is 37.2 Å². The van der Waals surface area contributed by atoms with Gasteiger partial charge >= 0.3 is 0 Å². The number of anilines is 3. The van der Waals surface area contributed by atoms with Gasteiger partial charge in [-0.15, -0.1) is 0 Å². The number of pyridine rings is 1. The molecule has 2 aliphatic rings. The summed E-state index contributed by atoms with van der Waals surface area (Å²) < 4.78 is 0. The highest BCUT2D eigenvalue weighted by molar-refractivity contribution is 5.88. The first kappa shape index (κ1) is 16.2. The first-order valence-electron chi connectivity index (χ1n) is 9.50. The van der Waals surface area contributed by atoms with Crippen molar-refractivity contribution in [3.63, 3.8) is 0 Å². The van der Waals surface area contributed by atoms with Crippen molar-refractivity contribution in [1.82, 2.24) is 24.9 Å². The van der Waals surface area contributed by atoms with Crippen LogP contribution in [0.1, 0.15) is 12.8 Å². The molecule has 5 rings (SSSR count). The quantitative estimate of drug-likeness (QED) is 0.698. The molecule has 8 nitrogen and oxygen atoms in total.